The second-order valence-electron chi connectivity index (χ2n) is 4.95. The molecule has 1 aliphatic heterocycles. The van der Waals surface area contributed by atoms with Gasteiger partial charge in [-0.1, -0.05) is 12.1 Å². The van der Waals surface area contributed by atoms with Crippen LogP contribution < -0.4 is 0 Å². The van der Waals surface area contributed by atoms with Gasteiger partial charge in [-0.15, -0.1) is 0 Å². The molecule has 0 N–H and O–H groups in total. The zero-order valence-electron chi connectivity index (χ0n) is 12.1. The lowest BCUT2D eigenvalue weighted by atomic mass is 10.1. The standard InChI is InChI=1S/C14H22N2O4/c1-3-11(14(17)18-4-2)13-15-12(16-20-13)9-10-7-5-6-8-19-10/h10-11H,3-9H2,1-2H3. The largest absolute Gasteiger partial charge is 0.465 e. The minimum atomic E-state index is -0.469. The quantitative estimate of drug-likeness (QED) is 0.745. The number of ether oxygens (including phenoxy) is 2. The molecule has 2 rings (SSSR count). The Labute approximate surface area is 118 Å². The maximum absolute atomic E-state index is 11.8. The Hall–Kier alpha value is -1.43. The van der Waals surface area contributed by atoms with E-state index in [1.54, 1.807) is 6.92 Å². The van der Waals surface area contributed by atoms with E-state index in [0.717, 1.165) is 19.4 Å². The molecule has 0 aliphatic carbocycles. The van der Waals surface area contributed by atoms with Crippen LogP contribution in [0.5, 0.6) is 0 Å². The maximum atomic E-state index is 11.8. The molecule has 0 bridgehead atoms. The highest BCUT2D eigenvalue weighted by Gasteiger charge is 2.27. The molecule has 1 aromatic rings. The highest BCUT2D eigenvalue weighted by atomic mass is 16.5. The molecule has 1 aromatic heterocycles. The fourth-order valence-corrected chi connectivity index (χ4v) is 2.35. The average Bonchev–Trinajstić information content (AvgIpc) is 2.89. The van der Waals surface area contributed by atoms with Crippen molar-refractivity contribution in [2.75, 3.05) is 13.2 Å². The first kappa shape index (κ1) is 15.0. The molecule has 2 heterocycles. The van der Waals surface area contributed by atoms with Gasteiger partial charge in [-0.3, -0.25) is 4.79 Å². The Morgan fingerprint density at radius 3 is 2.95 bits per heavy atom. The van der Waals surface area contributed by atoms with Crippen molar-refractivity contribution in [2.24, 2.45) is 0 Å². The molecular weight excluding hydrogens is 260 g/mol. The van der Waals surface area contributed by atoms with Crippen LogP contribution in [0.2, 0.25) is 0 Å². The van der Waals surface area contributed by atoms with Crippen LogP contribution >= 0.6 is 0 Å². The van der Waals surface area contributed by atoms with Gasteiger partial charge in [0.25, 0.3) is 0 Å². The molecule has 2 atom stereocenters. The van der Waals surface area contributed by atoms with Crippen molar-refractivity contribution < 1.29 is 18.8 Å². The molecule has 20 heavy (non-hydrogen) atoms. The Morgan fingerprint density at radius 1 is 1.45 bits per heavy atom. The SMILES string of the molecule is CCOC(=O)C(CC)c1nc(CC2CCCCO2)no1. The number of nitrogens with zero attached hydrogens (tertiary/aromatic N) is 2. The van der Waals surface area contributed by atoms with Crippen molar-refractivity contribution in [3.8, 4) is 0 Å². The van der Waals surface area contributed by atoms with Crippen molar-refractivity contribution >= 4 is 5.97 Å². The van der Waals surface area contributed by atoms with Gasteiger partial charge < -0.3 is 14.0 Å². The van der Waals surface area contributed by atoms with E-state index in [0.29, 0.717) is 31.2 Å². The molecule has 112 valence electrons. The third kappa shape index (κ3) is 3.79. The van der Waals surface area contributed by atoms with Gasteiger partial charge in [0.15, 0.2) is 5.82 Å². The van der Waals surface area contributed by atoms with Crippen molar-refractivity contribution in [2.45, 2.75) is 58.0 Å². The summed E-state index contributed by atoms with van der Waals surface area (Å²) in [6, 6.07) is 0. The Kier molecular flexibility index (Phi) is 5.52. The van der Waals surface area contributed by atoms with Crippen LogP contribution in [0.1, 0.15) is 57.2 Å². The van der Waals surface area contributed by atoms with Crippen LogP contribution in [0.15, 0.2) is 4.52 Å². The van der Waals surface area contributed by atoms with E-state index in [9.17, 15) is 4.79 Å². The third-order valence-electron chi connectivity index (χ3n) is 3.45. The Morgan fingerprint density at radius 2 is 2.30 bits per heavy atom. The molecular formula is C14H22N2O4. The molecule has 6 heteroatoms. The number of hydrogen-bond acceptors (Lipinski definition) is 6. The molecule has 0 spiro atoms. The first-order valence-corrected chi connectivity index (χ1v) is 7.35. The summed E-state index contributed by atoms with van der Waals surface area (Å²) in [5.74, 6) is 0.175. The van der Waals surface area contributed by atoms with Gasteiger partial charge in [-0.05, 0) is 32.6 Å². The lowest BCUT2D eigenvalue weighted by Gasteiger charge is -2.20. The lowest BCUT2D eigenvalue weighted by Crippen LogP contribution is -2.22. The molecule has 0 aromatic carbocycles. The lowest BCUT2D eigenvalue weighted by molar-refractivity contribution is -0.145. The Balaban J connectivity index is 1.97. The number of hydrogen-bond donors (Lipinski definition) is 0. The first-order valence-electron chi connectivity index (χ1n) is 7.35. The van der Waals surface area contributed by atoms with Crippen LogP contribution in [0.4, 0.5) is 0 Å². The van der Waals surface area contributed by atoms with Gasteiger partial charge in [0.1, 0.15) is 5.92 Å². The van der Waals surface area contributed by atoms with Crippen LogP contribution in [-0.2, 0) is 20.7 Å². The Bertz CT molecular complexity index is 427. The summed E-state index contributed by atoms with van der Waals surface area (Å²) in [6.45, 7) is 4.84. The molecule has 2 unspecified atom stereocenters. The minimum absolute atomic E-state index is 0.164. The zero-order valence-corrected chi connectivity index (χ0v) is 12.1. The smallest absolute Gasteiger partial charge is 0.318 e. The van der Waals surface area contributed by atoms with Crippen LogP contribution in [-0.4, -0.2) is 35.4 Å². The predicted octanol–water partition coefficient (Wildman–Crippen LogP) is 2.24. The van der Waals surface area contributed by atoms with E-state index < -0.39 is 5.92 Å². The summed E-state index contributed by atoms with van der Waals surface area (Å²) in [4.78, 5) is 16.1. The number of carbonyl (C=O) groups excluding carboxylic acids is 1. The van der Waals surface area contributed by atoms with Crippen LogP contribution in [0.25, 0.3) is 0 Å². The highest BCUT2D eigenvalue weighted by molar-refractivity contribution is 5.76. The number of carbonyl (C=O) groups is 1. The van der Waals surface area contributed by atoms with E-state index in [4.69, 9.17) is 14.0 Å². The summed E-state index contributed by atoms with van der Waals surface area (Å²) >= 11 is 0. The third-order valence-corrected chi connectivity index (χ3v) is 3.45. The summed E-state index contributed by atoms with van der Waals surface area (Å²) < 4.78 is 15.9. The summed E-state index contributed by atoms with van der Waals surface area (Å²) in [5, 5.41) is 3.95. The van der Waals surface area contributed by atoms with E-state index in [1.807, 2.05) is 6.92 Å². The second-order valence-corrected chi connectivity index (χ2v) is 4.95. The topological polar surface area (TPSA) is 74.5 Å². The van der Waals surface area contributed by atoms with Crippen molar-refractivity contribution in [1.82, 2.24) is 10.1 Å². The van der Waals surface area contributed by atoms with E-state index in [-0.39, 0.29) is 12.1 Å². The van der Waals surface area contributed by atoms with E-state index >= 15 is 0 Å². The van der Waals surface area contributed by atoms with E-state index in [2.05, 4.69) is 10.1 Å². The summed E-state index contributed by atoms with van der Waals surface area (Å²) in [7, 11) is 0. The molecule has 0 saturated carbocycles. The number of aromatic nitrogens is 2. The maximum Gasteiger partial charge on any atom is 0.318 e. The zero-order chi connectivity index (χ0) is 14.4. The molecule has 1 fully saturated rings. The van der Waals surface area contributed by atoms with Gasteiger partial charge in [0.05, 0.1) is 12.7 Å². The molecule has 1 saturated heterocycles. The van der Waals surface area contributed by atoms with Crippen molar-refractivity contribution in [1.29, 1.82) is 0 Å². The molecule has 6 nitrogen and oxygen atoms in total. The van der Waals surface area contributed by atoms with Gasteiger partial charge in [-0.2, -0.15) is 4.98 Å². The number of rotatable bonds is 6. The molecule has 0 radical (unpaired) electrons. The minimum Gasteiger partial charge on any atom is -0.465 e. The highest BCUT2D eigenvalue weighted by Crippen LogP contribution is 2.21. The first-order chi connectivity index (χ1) is 9.74. The van der Waals surface area contributed by atoms with Crippen molar-refractivity contribution in [3.63, 3.8) is 0 Å². The number of esters is 1. The fourth-order valence-electron chi connectivity index (χ4n) is 2.35. The average molecular weight is 282 g/mol. The van der Waals surface area contributed by atoms with Gasteiger partial charge in [0, 0.05) is 13.0 Å². The van der Waals surface area contributed by atoms with Crippen molar-refractivity contribution in [3.05, 3.63) is 11.7 Å². The molecule has 0 amide bonds. The fraction of sp³-hybridized carbons (Fsp3) is 0.786. The van der Waals surface area contributed by atoms with Gasteiger partial charge >= 0.3 is 5.97 Å². The summed E-state index contributed by atoms with van der Waals surface area (Å²) in [6.07, 6.45) is 4.71. The van der Waals surface area contributed by atoms with Crippen LogP contribution in [0, 0.1) is 0 Å². The molecule has 1 aliphatic rings. The van der Waals surface area contributed by atoms with Gasteiger partial charge in [0.2, 0.25) is 5.89 Å². The predicted molar refractivity (Wildman–Crippen MR) is 71.3 cm³/mol. The van der Waals surface area contributed by atoms with Gasteiger partial charge in [-0.25, -0.2) is 0 Å². The summed E-state index contributed by atoms with van der Waals surface area (Å²) in [5.41, 5.74) is 0. The van der Waals surface area contributed by atoms with Crippen LogP contribution in [0.3, 0.4) is 0 Å². The normalized spacial score (nSPS) is 20.6. The second kappa shape index (κ2) is 7.38. The van der Waals surface area contributed by atoms with E-state index in [1.165, 1.54) is 6.42 Å². The monoisotopic (exact) mass is 282 g/mol.